The quantitative estimate of drug-likeness (QED) is 0.574. The highest BCUT2D eigenvalue weighted by Crippen LogP contribution is 2.19. The third kappa shape index (κ3) is 6.87. The molecule has 0 aliphatic rings. The van der Waals surface area contributed by atoms with Gasteiger partial charge < -0.3 is 5.32 Å². The summed E-state index contributed by atoms with van der Waals surface area (Å²) < 4.78 is 0. The number of allylic oxidation sites excluding steroid dienone is 1. The van der Waals surface area contributed by atoms with Crippen LogP contribution >= 0.6 is 11.8 Å². The van der Waals surface area contributed by atoms with Gasteiger partial charge in [-0.05, 0) is 44.0 Å². The SMILES string of the molecule is CC(C)=CCSc1cccc(CNCC(C)C)c1. The Labute approximate surface area is 116 Å². The Morgan fingerprint density at radius 3 is 2.78 bits per heavy atom. The molecule has 0 saturated heterocycles. The molecule has 0 aliphatic carbocycles. The van der Waals surface area contributed by atoms with Crippen LogP contribution in [0.2, 0.25) is 0 Å². The Hall–Kier alpha value is -0.730. The molecule has 0 heterocycles. The summed E-state index contributed by atoms with van der Waals surface area (Å²) >= 11 is 1.90. The van der Waals surface area contributed by atoms with Gasteiger partial charge in [0.15, 0.2) is 0 Å². The van der Waals surface area contributed by atoms with Gasteiger partial charge in [0.25, 0.3) is 0 Å². The topological polar surface area (TPSA) is 12.0 Å². The van der Waals surface area contributed by atoms with E-state index in [9.17, 15) is 0 Å². The highest BCUT2D eigenvalue weighted by Gasteiger charge is 1.97. The number of rotatable bonds is 7. The van der Waals surface area contributed by atoms with E-state index >= 15 is 0 Å². The summed E-state index contributed by atoms with van der Waals surface area (Å²) in [4.78, 5) is 1.36. The van der Waals surface area contributed by atoms with Crippen molar-refractivity contribution in [3.8, 4) is 0 Å². The zero-order valence-electron chi connectivity index (χ0n) is 12.0. The second kappa shape index (κ2) is 8.39. The van der Waals surface area contributed by atoms with Crippen molar-refractivity contribution in [3.05, 3.63) is 41.5 Å². The van der Waals surface area contributed by atoms with E-state index in [0.717, 1.165) is 18.8 Å². The van der Waals surface area contributed by atoms with Crippen molar-refractivity contribution in [2.75, 3.05) is 12.3 Å². The number of hydrogen-bond donors (Lipinski definition) is 1. The molecule has 1 nitrogen and oxygen atoms in total. The van der Waals surface area contributed by atoms with Gasteiger partial charge in [-0.2, -0.15) is 0 Å². The van der Waals surface area contributed by atoms with Crippen molar-refractivity contribution in [3.63, 3.8) is 0 Å². The zero-order valence-corrected chi connectivity index (χ0v) is 12.8. The van der Waals surface area contributed by atoms with Gasteiger partial charge in [-0.3, -0.25) is 0 Å². The van der Waals surface area contributed by atoms with Crippen LogP contribution in [-0.4, -0.2) is 12.3 Å². The molecule has 0 saturated carbocycles. The molecule has 0 spiro atoms. The third-order valence-corrected chi connectivity index (χ3v) is 3.44. The Bertz CT molecular complexity index is 378. The molecule has 0 aliphatic heterocycles. The van der Waals surface area contributed by atoms with E-state index in [-0.39, 0.29) is 0 Å². The molecule has 1 aromatic carbocycles. The molecule has 1 rings (SSSR count). The molecular formula is C16H25NS. The maximum atomic E-state index is 3.48. The Morgan fingerprint density at radius 1 is 1.33 bits per heavy atom. The van der Waals surface area contributed by atoms with E-state index < -0.39 is 0 Å². The van der Waals surface area contributed by atoms with Gasteiger partial charge in [0, 0.05) is 17.2 Å². The lowest BCUT2D eigenvalue weighted by Crippen LogP contribution is -2.18. The average Bonchev–Trinajstić information content (AvgIpc) is 2.28. The predicted octanol–water partition coefficient (Wildman–Crippen LogP) is 4.49. The van der Waals surface area contributed by atoms with E-state index in [1.165, 1.54) is 16.0 Å². The zero-order chi connectivity index (χ0) is 13.4. The van der Waals surface area contributed by atoms with Crippen LogP contribution in [0.4, 0.5) is 0 Å². The van der Waals surface area contributed by atoms with Crippen molar-refractivity contribution >= 4 is 11.8 Å². The lowest BCUT2D eigenvalue weighted by atomic mass is 10.2. The number of nitrogens with one attached hydrogen (secondary N) is 1. The minimum atomic E-state index is 0.709. The Morgan fingerprint density at radius 2 is 2.11 bits per heavy atom. The normalized spacial score (nSPS) is 10.7. The van der Waals surface area contributed by atoms with E-state index in [0.29, 0.717) is 5.92 Å². The summed E-state index contributed by atoms with van der Waals surface area (Å²) in [6, 6.07) is 8.82. The monoisotopic (exact) mass is 263 g/mol. The smallest absolute Gasteiger partial charge is 0.0206 e. The summed E-state index contributed by atoms with van der Waals surface area (Å²) in [5, 5.41) is 3.48. The molecule has 18 heavy (non-hydrogen) atoms. The van der Waals surface area contributed by atoms with Crippen molar-refractivity contribution in [1.29, 1.82) is 0 Å². The van der Waals surface area contributed by atoms with Crippen molar-refractivity contribution in [2.45, 2.75) is 39.1 Å². The molecule has 0 atom stereocenters. The first-order valence-electron chi connectivity index (χ1n) is 6.63. The molecule has 0 aromatic heterocycles. The maximum absolute atomic E-state index is 3.48. The lowest BCUT2D eigenvalue weighted by molar-refractivity contribution is 0.552. The molecule has 0 unspecified atom stereocenters. The van der Waals surface area contributed by atoms with Crippen LogP contribution in [-0.2, 0) is 6.54 Å². The Kier molecular flexibility index (Phi) is 7.14. The van der Waals surface area contributed by atoms with Crippen molar-refractivity contribution in [1.82, 2.24) is 5.32 Å². The van der Waals surface area contributed by atoms with Crippen LogP contribution in [0, 0.1) is 5.92 Å². The molecule has 2 heteroatoms. The standard InChI is InChI=1S/C16H25NS/c1-13(2)8-9-18-16-7-5-6-15(10-16)12-17-11-14(3)4/h5-8,10,14,17H,9,11-12H2,1-4H3. The predicted molar refractivity (Wildman–Crippen MR) is 83.1 cm³/mol. The van der Waals surface area contributed by atoms with E-state index in [1.54, 1.807) is 0 Å². The van der Waals surface area contributed by atoms with E-state index in [1.807, 2.05) is 11.8 Å². The fourth-order valence-electron chi connectivity index (χ4n) is 1.55. The number of benzene rings is 1. The summed E-state index contributed by atoms with van der Waals surface area (Å²) in [5.41, 5.74) is 2.76. The van der Waals surface area contributed by atoms with Crippen molar-refractivity contribution in [2.24, 2.45) is 5.92 Å². The van der Waals surface area contributed by atoms with Crippen LogP contribution in [0.15, 0.2) is 40.8 Å². The number of thioether (sulfide) groups is 1. The summed E-state index contributed by atoms with van der Waals surface area (Å²) in [5.74, 6) is 1.77. The first kappa shape index (κ1) is 15.3. The van der Waals surface area contributed by atoms with Crippen LogP contribution in [0.1, 0.15) is 33.3 Å². The van der Waals surface area contributed by atoms with E-state index in [4.69, 9.17) is 0 Å². The van der Waals surface area contributed by atoms with Gasteiger partial charge in [0.2, 0.25) is 0 Å². The molecule has 0 amide bonds. The fourth-order valence-corrected chi connectivity index (χ4v) is 2.57. The van der Waals surface area contributed by atoms with Gasteiger partial charge >= 0.3 is 0 Å². The average molecular weight is 263 g/mol. The van der Waals surface area contributed by atoms with E-state index in [2.05, 4.69) is 63.4 Å². The minimum Gasteiger partial charge on any atom is -0.312 e. The molecule has 0 bridgehead atoms. The molecule has 1 N–H and O–H groups in total. The second-order valence-electron chi connectivity index (χ2n) is 5.26. The van der Waals surface area contributed by atoms with Gasteiger partial charge in [-0.1, -0.05) is 37.6 Å². The Balaban J connectivity index is 2.44. The first-order chi connectivity index (χ1) is 8.58. The van der Waals surface area contributed by atoms with Crippen LogP contribution in [0.25, 0.3) is 0 Å². The van der Waals surface area contributed by atoms with Gasteiger partial charge in [0.05, 0.1) is 0 Å². The summed E-state index contributed by atoms with van der Waals surface area (Å²) in [6.45, 7) is 10.8. The second-order valence-corrected chi connectivity index (χ2v) is 6.36. The minimum absolute atomic E-state index is 0.709. The molecule has 1 aromatic rings. The van der Waals surface area contributed by atoms with Gasteiger partial charge in [-0.25, -0.2) is 0 Å². The summed E-state index contributed by atoms with van der Waals surface area (Å²) in [7, 11) is 0. The fraction of sp³-hybridized carbons (Fsp3) is 0.500. The molecule has 100 valence electrons. The summed E-state index contributed by atoms with van der Waals surface area (Å²) in [6.07, 6.45) is 2.27. The molecule has 0 radical (unpaired) electrons. The van der Waals surface area contributed by atoms with Crippen LogP contribution in [0.5, 0.6) is 0 Å². The molecular weight excluding hydrogens is 238 g/mol. The largest absolute Gasteiger partial charge is 0.312 e. The van der Waals surface area contributed by atoms with Gasteiger partial charge in [-0.15, -0.1) is 11.8 Å². The first-order valence-corrected chi connectivity index (χ1v) is 7.62. The number of hydrogen-bond acceptors (Lipinski definition) is 2. The van der Waals surface area contributed by atoms with Crippen molar-refractivity contribution < 1.29 is 0 Å². The highest BCUT2D eigenvalue weighted by molar-refractivity contribution is 7.99. The maximum Gasteiger partial charge on any atom is 0.0206 e. The third-order valence-electron chi connectivity index (χ3n) is 2.52. The van der Waals surface area contributed by atoms with Crippen LogP contribution < -0.4 is 5.32 Å². The molecule has 0 fully saturated rings. The van der Waals surface area contributed by atoms with Gasteiger partial charge in [0.1, 0.15) is 0 Å². The lowest BCUT2D eigenvalue weighted by Gasteiger charge is -2.08. The van der Waals surface area contributed by atoms with Crippen LogP contribution in [0.3, 0.4) is 0 Å². The highest BCUT2D eigenvalue weighted by atomic mass is 32.2.